The second-order valence-corrected chi connectivity index (χ2v) is 5.21. The first-order chi connectivity index (χ1) is 9.06. The van der Waals surface area contributed by atoms with Crippen molar-refractivity contribution in [2.45, 2.75) is 13.8 Å². The number of rotatable bonds is 4. The van der Waals surface area contributed by atoms with Gasteiger partial charge in [-0.25, -0.2) is 5.48 Å². The lowest BCUT2D eigenvalue weighted by Gasteiger charge is -2.17. The Labute approximate surface area is 117 Å². The maximum absolute atomic E-state index is 11.9. The van der Waals surface area contributed by atoms with Crippen LogP contribution in [0, 0.1) is 5.92 Å². The fraction of sp³-hybridized carbons (Fsp3) is 0.357. The highest BCUT2D eigenvalue weighted by atomic mass is 35.5. The molecule has 0 saturated heterocycles. The summed E-state index contributed by atoms with van der Waals surface area (Å²) in [6.07, 6.45) is 1.76. The number of amides is 1. The first-order valence-corrected chi connectivity index (χ1v) is 6.49. The van der Waals surface area contributed by atoms with Gasteiger partial charge in [-0.15, -0.1) is 0 Å². The number of halogens is 1. The molecule has 0 fully saturated rings. The Hall–Kier alpha value is -1.52. The summed E-state index contributed by atoms with van der Waals surface area (Å²) >= 11 is 5.91. The van der Waals surface area contributed by atoms with E-state index in [9.17, 15) is 4.79 Å². The Bertz CT molecular complexity index is 511. The van der Waals surface area contributed by atoms with E-state index in [0.29, 0.717) is 23.1 Å². The molecule has 0 bridgehead atoms. The summed E-state index contributed by atoms with van der Waals surface area (Å²) < 4.78 is 5.50. The van der Waals surface area contributed by atoms with E-state index in [1.807, 2.05) is 13.8 Å². The fourth-order valence-electron chi connectivity index (χ4n) is 1.62. The van der Waals surface area contributed by atoms with Gasteiger partial charge in [0.15, 0.2) is 0 Å². The number of fused-ring (bicyclic) bond motifs is 1. The quantitative estimate of drug-likeness (QED) is 0.864. The van der Waals surface area contributed by atoms with Crippen LogP contribution in [0.15, 0.2) is 23.8 Å². The van der Waals surface area contributed by atoms with E-state index in [-0.39, 0.29) is 12.5 Å². The van der Waals surface area contributed by atoms with Crippen molar-refractivity contribution in [2.75, 3.05) is 13.2 Å². The van der Waals surface area contributed by atoms with Gasteiger partial charge < -0.3 is 4.74 Å². The van der Waals surface area contributed by atoms with Crippen LogP contribution in [-0.2, 0) is 9.63 Å². The van der Waals surface area contributed by atoms with Crippen LogP contribution in [0.2, 0.25) is 5.02 Å². The van der Waals surface area contributed by atoms with Crippen molar-refractivity contribution in [1.82, 2.24) is 5.48 Å². The Balaban J connectivity index is 2.03. The van der Waals surface area contributed by atoms with E-state index in [1.165, 1.54) is 0 Å². The highest BCUT2D eigenvalue weighted by molar-refractivity contribution is 6.30. The molecule has 1 aromatic carbocycles. The zero-order chi connectivity index (χ0) is 13.8. The highest BCUT2D eigenvalue weighted by Gasteiger charge is 2.17. The van der Waals surface area contributed by atoms with Gasteiger partial charge >= 0.3 is 0 Å². The molecule has 1 amide bonds. The van der Waals surface area contributed by atoms with Gasteiger partial charge in [0.05, 0.1) is 12.2 Å². The third-order valence-electron chi connectivity index (χ3n) is 2.56. The predicted molar refractivity (Wildman–Crippen MR) is 73.9 cm³/mol. The molecule has 0 aliphatic carbocycles. The van der Waals surface area contributed by atoms with Crippen LogP contribution in [0.25, 0.3) is 6.08 Å². The zero-order valence-corrected chi connectivity index (χ0v) is 11.7. The van der Waals surface area contributed by atoms with Crippen molar-refractivity contribution in [3.05, 3.63) is 34.4 Å². The van der Waals surface area contributed by atoms with Crippen LogP contribution in [0.4, 0.5) is 0 Å². The lowest BCUT2D eigenvalue weighted by Crippen LogP contribution is -2.30. The Morgan fingerprint density at radius 2 is 2.32 bits per heavy atom. The van der Waals surface area contributed by atoms with E-state index >= 15 is 0 Å². The van der Waals surface area contributed by atoms with Crippen LogP contribution in [0.1, 0.15) is 19.4 Å². The van der Waals surface area contributed by atoms with E-state index in [4.69, 9.17) is 21.2 Å². The second kappa shape index (κ2) is 6.08. The predicted octanol–water partition coefficient (Wildman–Crippen LogP) is 2.82. The molecule has 19 heavy (non-hydrogen) atoms. The SMILES string of the molecule is CC(C)CONC(=O)C1=Cc2cc(Cl)ccc2OC1. The minimum atomic E-state index is -0.286. The Morgan fingerprint density at radius 1 is 1.53 bits per heavy atom. The summed E-state index contributed by atoms with van der Waals surface area (Å²) in [5.41, 5.74) is 3.72. The molecular formula is C14H16ClNO3. The molecule has 102 valence electrons. The van der Waals surface area contributed by atoms with Gasteiger partial charge in [0.2, 0.25) is 0 Å². The number of hydrogen-bond acceptors (Lipinski definition) is 3. The lowest BCUT2D eigenvalue weighted by atomic mass is 10.1. The van der Waals surface area contributed by atoms with Gasteiger partial charge in [-0.2, -0.15) is 0 Å². The van der Waals surface area contributed by atoms with E-state index in [0.717, 1.165) is 11.3 Å². The van der Waals surface area contributed by atoms with Gasteiger partial charge in [-0.05, 0) is 30.2 Å². The van der Waals surface area contributed by atoms with Crippen LogP contribution in [0.3, 0.4) is 0 Å². The fourth-order valence-corrected chi connectivity index (χ4v) is 1.80. The number of hydrogen-bond donors (Lipinski definition) is 1. The number of nitrogens with one attached hydrogen (secondary N) is 1. The molecule has 1 N–H and O–H groups in total. The molecule has 1 aliphatic heterocycles. The smallest absolute Gasteiger partial charge is 0.274 e. The standard InChI is InChI=1S/C14H16ClNO3/c1-9(2)7-19-16-14(17)11-5-10-6-12(15)3-4-13(10)18-8-11/h3-6,9H,7-8H2,1-2H3,(H,16,17). The van der Waals surface area contributed by atoms with Gasteiger partial charge in [0.1, 0.15) is 12.4 Å². The summed E-state index contributed by atoms with van der Waals surface area (Å²) in [6, 6.07) is 5.31. The molecule has 0 saturated carbocycles. The maximum atomic E-state index is 11.9. The van der Waals surface area contributed by atoms with Crippen LogP contribution in [-0.4, -0.2) is 19.1 Å². The Morgan fingerprint density at radius 3 is 3.05 bits per heavy atom. The van der Waals surface area contributed by atoms with Gasteiger partial charge in [-0.1, -0.05) is 25.4 Å². The monoisotopic (exact) mass is 281 g/mol. The average molecular weight is 282 g/mol. The number of carbonyl (C=O) groups excluding carboxylic acids is 1. The number of carbonyl (C=O) groups is 1. The normalized spacial score (nSPS) is 13.6. The second-order valence-electron chi connectivity index (χ2n) is 4.78. The van der Waals surface area contributed by atoms with E-state index in [2.05, 4.69) is 5.48 Å². The first kappa shape index (κ1) is 13.9. The third-order valence-corrected chi connectivity index (χ3v) is 2.79. The molecule has 0 atom stereocenters. The average Bonchev–Trinajstić information content (AvgIpc) is 2.37. The minimum Gasteiger partial charge on any atom is -0.488 e. The summed E-state index contributed by atoms with van der Waals surface area (Å²) in [5, 5.41) is 0.608. The summed E-state index contributed by atoms with van der Waals surface area (Å²) in [4.78, 5) is 17.0. The molecule has 1 aliphatic rings. The Kier molecular flexibility index (Phi) is 4.45. The molecule has 1 heterocycles. The van der Waals surface area contributed by atoms with Gasteiger partial charge in [0.25, 0.3) is 5.91 Å². The molecule has 0 unspecified atom stereocenters. The largest absolute Gasteiger partial charge is 0.488 e. The maximum Gasteiger partial charge on any atom is 0.274 e. The summed E-state index contributed by atoms with van der Waals surface area (Å²) in [6.45, 7) is 4.72. The molecule has 5 heteroatoms. The summed E-state index contributed by atoms with van der Waals surface area (Å²) in [5.74, 6) is 0.798. The lowest BCUT2D eigenvalue weighted by molar-refractivity contribution is -0.130. The van der Waals surface area contributed by atoms with Crippen LogP contribution in [0.5, 0.6) is 5.75 Å². The van der Waals surface area contributed by atoms with Crippen molar-refractivity contribution in [2.24, 2.45) is 5.92 Å². The van der Waals surface area contributed by atoms with Crippen molar-refractivity contribution < 1.29 is 14.4 Å². The molecule has 0 spiro atoms. The molecule has 4 nitrogen and oxygen atoms in total. The number of hydroxylamine groups is 1. The van der Waals surface area contributed by atoms with Crippen molar-refractivity contribution in [1.29, 1.82) is 0 Å². The third kappa shape index (κ3) is 3.72. The molecule has 0 aromatic heterocycles. The molecule has 1 aromatic rings. The number of ether oxygens (including phenoxy) is 1. The number of benzene rings is 1. The van der Waals surface area contributed by atoms with Gasteiger partial charge in [-0.3, -0.25) is 9.63 Å². The summed E-state index contributed by atoms with van der Waals surface area (Å²) in [7, 11) is 0. The van der Waals surface area contributed by atoms with Gasteiger partial charge in [0, 0.05) is 10.6 Å². The minimum absolute atomic E-state index is 0.228. The van der Waals surface area contributed by atoms with Crippen LogP contribution >= 0.6 is 11.6 Å². The van der Waals surface area contributed by atoms with E-state index in [1.54, 1.807) is 24.3 Å². The molecule has 2 rings (SSSR count). The highest BCUT2D eigenvalue weighted by Crippen LogP contribution is 2.28. The first-order valence-electron chi connectivity index (χ1n) is 6.11. The van der Waals surface area contributed by atoms with Crippen molar-refractivity contribution >= 4 is 23.6 Å². The molecule has 0 radical (unpaired) electrons. The topological polar surface area (TPSA) is 47.6 Å². The van der Waals surface area contributed by atoms with Crippen molar-refractivity contribution in [3.8, 4) is 5.75 Å². The zero-order valence-electron chi connectivity index (χ0n) is 10.9. The molecular weight excluding hydrogens is 266 g/mol. The van der Waals surface area contributed by atoms with E-state index < -0.39 is 0 Å². The van der Waals surface area contributed by atoms with Crippen molar-refractivity contribution in [3.63, 3.8) is 0 Å². The van der Waals surface area contributed by atoms with Crippen LogP contribution < -0.4 is 10.2 Å².